The number of nitrogens with two attached hydrogens (primary N) is 1. The molecule has 148 valence electrons. The number of hydrogen-bond acceptors (Lipinski definition) is 7. The number of piperazine rings is 1. The van der Waals surface area contributed by atoms with Gasteiger partial charge in [-0.25, -0.2) is 4.79 Å². The van der Waals surface area contributed by atoms with Crippen molar-refractivity contribution in [2.75, 3.05) is 52.9 Å². The first kappa shape index (κ1) is 19.3. The topological polar surface area (TPSA) is 132 Å². The summed E-state index contributed by atoms with van der Waals surface area (Å²) in [6.07, 6.45) is 1.10. The van der Waals surface area contributed by atoms with Crippen molar-refractivity contribution in [3.05, 3.63) is 0 Å². The number of likely N-dealkylation sites (N-methyl/N-ethyl adjacent to an activating group) is 1. The van der Waals surface area contributed by atoms with Gasteiger partial charge in [-0.1, -0.05) is 0 Å². The first-order valence-electron chi connectivity index (χ1n) is 8.72. The number of aliphatic imine (C=N–C) groups is 1. The SMILES string of the molecule is CN1CCN(CCN=C(N)[C@@H]2CC[C@@H]3CN2C(=O)N3OS(=O)(=O)O)CC1. The molecule has 3 aliphatic heterocycles. The first-order valence-corrected chi connectivity index (χ1v) is 10.1. The summed E-state index contributed by atoms with van der Waals surface area (Å²) in [4.78, 5) is 22.9. The van der Waals surface area contributed by atoms with E-state index in [1.54, 1.807) is 0 Å². The molecule has 2 amide bonds. The zero-order valence-electron chi connectivity index (χ0n) is 14.8. The molecule has 11 nitrogen and oxygen atoms in total. The van der Waals surface area contributed by atoms with Gasteiger partial charge in [-0.2, -0.15) is 13.5 Å². The van der Waals surface area contributed by atoms with E-state index in [1.165, 1.54) is 4.90 Å². The summed E-state index contributed by atoms with van der Waals surface area (Å²) in [5.74, 6) is 0.375. The minimum absolute atomic E-state index is 0.299. The normalized spacial score (nSPS) is 28.8. The summed E-state index contributed by atoms with van der Waals surface area (Å²) < 4.78 is 35.1. The predicted octanol–water partition coefficient (Wildman–Crippen LogP) is -1.41. The Labute approximate surface area is 153 Å². The second-order valence-corrected chi connectivity index (χ2v) is 7.97. The molecule has 0 spiro atoms. The second kappa shape index (κ2) is 7.64. The quantitative estimate of drug-likeness (QED) is 0.321. The zero-order chi connectivity index (χ0) is 18.9. The van der Waals surface area contributed by atoms with Crippen LogP contribution in [0.5, 0.6) is 0 Å². The van der Waals surface area contributed by atoms with Gasteiger partial charge in [0.15, 0.2) is 0 Å². The van der Waals surface area contributed by atoms with Crippen LogP contribution >= 0.6 is 0 Å². The number of carbonyl (C=O) groups excluding carboxylic acids is 1. The Morgan fingerprint density at radius 2 is 2.00 bits per heavy atom. The molecule has 0 saturated carbocycles. The number of amidine groups is 1. The molecule has 3 rings (SSSR count). The molecule has 2 bridgehead atoms. The molecule has 0 aromatic carbocycles. The van der Waals surface area contributed by atoms with Crippen molar-refractivity contribution < 1.29 is 22.0 Å². The number of amides is 2. The molecule has 0 aromatic rings. The summed E-state index contributed by atoms with van der Waals surface area (Å²) in [5.41, 5.74) is 6.11. The number of rotatable bonds is 6. The van der Waals surface area contributed by atoms with Gasteiger partial charge in [0.05, 0.1) is 18.6 Å². The average Bonchev–Trinajstić information content (AvgIpc) is 2.80. The third-order valence-electron chi connectivity index (χ3n) is 5.15. The van der Waals surface area contributed by atoms with Crippen LogP contribution in [-0.2, 0) is 14.7 Å². The largest absolute Gasteiger partial charge is 0.418 e. The third-order valence-corrected chi connectivity index (χ3v) is 5.49. The fourth-order valence-corrected chi connectivity index (χ4v) is 4.02. The highest BCUT2D eigenvalue weighted by atomic mass is 32.3. The molecular weight excluding hydrogens is 364 g/mol. The fourth-order valence-electron chi connectivity index (χ4n) is 3.64. The number of hydroxylamine groups is 2. The maximum absolute atomic E-state index is 12.4. The smallest absolute Gasteiger partial charge is 0.386 e. The van der Waals surface area contributed by atoms with E-state index in [1.807, 2.05) is 0 Å². The Morgan fingerprint density at radius 3 is 2.65 bits per heavy atom. The van der Waals surface area contributed by atoms with Crippen LogP contribution in [-0.4, -0.2) is 110 Å². The van der Waals surface area contributed by atoms with Crippen LogP contribution in [0, 0.1) is 0 Å². The van der Waals surface area contributed by atoms with Crippen LogP contribution < -0.4 is 5.73 Å². The molecule has 3 fully saturated rings. The highest BCUT2D eigenvalue weighted by molar-refractivity contribution is 7.80. The monoisotopic (exact) mass is 390 g/mol. The molecule has 3 N–H and O–H groups in total. The zero-order valence-corrected chi connectivity index (χ0v) is 15.6. The van der Waals surface area contributed by atoms with Crippen LogP contribution in [0.1, 0.15) is 12.8 Å². The lowest BCUT2D eigenvalue weighted by molar-refractivity contribution is -0.0316. The summed E-state index contributed by atoms with van der Waals surface area (Å²) in [6, 6.07) is -1.41. The number of fused-ring (bicyclic) bond motifs is 2. The molecule has 3 heterocycles. The average molecular weight is 390 g/mol. The minimum Gasteiger partial charge on any atom is -0.386 e. The van der Waals surface area contributed by atoms with E-state index >= 15 is 0 Å². The van der Waals surface area contributed by atoms with Crippen LogP contribution in [0.25, 0.3) is 0 Å². The van der Waals surface area contributed by atoms with E-state index in [2.05, 4.69) is 26.1 Å². The number of hydrogen-bond donors (Lipinski definition) is 2. The van der Waals surface area contributed by atoms with Crippen molar-refractivity contribution >= 4 is 22.3 Å². The van der Waals surface area contributed by atoms with E-state index in [0.717, 1.165) is 32.7 Å². The Balaban J connectivity index is 1.55. The van der Waals surface area contributed by atoms with Crippen molar-refractivity contribution in [2.24, 2.45) is 10.7 Å². The molecule has 12 heteroatoms. The maximum atomic E-state index is 12.4. The van der Waals surface area contributed by atoms with Gasteiger partial charge in [-0.05, 0) is 19.9 Å². The Hall–Kier alpha value is -1.47. The minimum atomic E-state index is -4.74. The van der Waals surface area contributed by atoms with Crippen molar-refractivity contribution in [1.82, 2.24) is 19.8 Å². The van der Waals surface area contributed by atoms with Crippen LogP contribution in [0.3, 0.4) is 0 Å². The molecule has 0 radical (unpaired) electrons. The van der Waals surface area contributed by atoms with Gasteiger partial charge in [0.25, 0.3) is 0 Å². The van der Waals surface area contributed by atoms with Crippen molar-refractivity contribution in [2.45, 2.75) is 24.9 Å². The third kappa shape index (κ3) is 4.43. The molecule has 0 aliphatic carbocycles. The molecule has 0 unspecified atom stereocenters. The lowest BCUT2D eigenvalue weighted by Gasteiger charge is -2.32. The second-order valence-electron chi connectivity index (χ2n) is 6.96. The van der Waals surface area contributed by atoms with Gasteiger partial charge >= 0.3 is 16.4 Å². The number of urea groups is 1. The summed E-state index contributed by atoms with van der Waals surface area (Å²) >= 11 is 0. The molecule has 3 saturated heterocycles. The van der Waals surface area contributed by atoms with E-state index in [9.17, 15) is 13.2 Å². The van der Waals surface area contributed by atoms with Gasteiger partial charge < -0.3 is 15.5 Å². The van der Waals surface area contributed by atoms with Crippen LogP contribution in [0.15, 0.2) is 4.99 Å². The first-order chi connectivity index (χ1) is 12.2. The van der Waals surface area contributed by atoms with Gasteiger partial charge in [-0.15, -0.1) is 4.28 Å². The Bertz CT molecular complexity index is 663. The van der Waals surface area contributed by atoms with Gasteiger partial charge in [0, 0.05) is 39.3 Å². The summed E-state index contributed by atoms with van der Waals surface area (Å²) in [6.45, 7) is 5.75. The molecular formula is C14H26N6O5S. The van der Waals surface area contributed by atoms with Gasteiger partial charge in [0.1, 0.15) is 5.84 Å². The van der Waals surface area contributed by atoms with Gasteiger partial charge in [0.2, 0.25) is 0 Å². The maximum Gasteiger partial charge on any atom is 0.418 e. The lowest BCUT2D eigenvalue weighted by Crippen LogP contribution is -2.48. The highest BCUT2D eigenvalue weighted by Crippen LogP contribution is 2.30. The van der Waals surface area contributed by atoms with E-state index in [4.69, 9.17) is 10.3 Å². The van der Waals surface area contributed by atoms with Crippen molar-refractivity contribution in [3.63, 3.8) is 0 Å². The van der Waals surface area contributed by atoms with Gasteiger partial charge in [-0.3, -0.25) is 14.4 Å². The van der Waals surface area contributed by atoms with E-state index in [-0.39, 0.29) is 6.04 Å². The van der Waals surface area contributed by atoms with Crippen molar-refractivity contribution in [3.8, 4) is 0 Å². The molecule has 2 atom stereocenters. The lowest BCUT2D eigenvalue weighted by atomic mass is 10.0. The summed E-state index contributed by atoms with van der Waals surface area (Å²) in [7, 11) is -2.64. The number of nitrogens with zero attached hydrogens (tertiary/aromatic N) is 5. The fraction of sp³-hybridized carbons (Fsp3) is 0.857. The molecule has 26 heavy (non-hydrogen) atoms. The predicted molar refractivity (Wildman–Crippen MR) is 93.8 cm³/mol. The molecule has 0 aromatic heterocycles. The van der Waals surface area contributed by atoms with Crippen LogP contribution in [0.2, 0.25) is 0 Å². The number of carbonyl (C=O) groups is 1. The summed E-state index contributed by atoms with van der Waals surface area (Å²) in [5, 5.41) is 0.715. The van der Waals surface area contributed by atoms with E-state index in [0.29, 0.717) is 36.8 Å². The Morgan fingerprint density at radius 1 is 1.31 bits per heavy atom. The Kier molecular flexibility index (Phi) is 5.67. The standard InChI is InChI=1S/C14H26N6O5S/c1-17-6-8-18(9-7-17)5-4-16-13(15)12-3-2-11-10-19(12)14(21)20(11)25-26(22,23)24/h11-12H,2-10H2,1H3,(H2,15,16)(H,22,23,24)/t11-,12+/m1/s1. The highest BCUT2D eigenvalue weighted by Gasteiger charge is 2.48. The van der Waals surface area contributed by atoms with Crippen LogP contribution in [0.4, 0.5) is 4.79 Å². The number of piperidine rings is 1. The van der Waals surface area contributed by atoms with E-state index < -0.39 is 22.5 Å². The molecule has 3 aliphatic rings. The van der Waals surface area contributed by atoms with Crippen molar-refractivity contribution in [1.29, 1.82) is 0 Å².